The number of ether oxygens (including phenoxy) is 1. The lowest BCUT2D eigenvalue weighted by atomic mass is 9.96. The highest BCUT2D eigenvalue weighted by molar-refractivity contribution is 7.92. The Morgan fingerprint density at radius 1 is 1.24 bits per heavy atom. The van der Waals surface area contributed by atoms with Crippen LogP contribution in [-0.2, 0) is 10.0 Å². The molecule has 1 aliphatic heterocycles. The highest BCUT2D eigenvalue weighted by Crippen LogP contribution is 2.32. The zero-order chi connectivity index (χ0) is 29.9. The van der Waals surface area contributed by atoms with Gasteiger partial charge < -0.3 is 29.5 Å². The maximum atomic E-state index is 13.7. The van der Waals surface area contributed by atoms with Gasteiger partial charge >= 0.3 is 6.03 Å². The van der Waals surface area contributed by atoms with Gasteiger partial charge in [-0.2, -0.15) is 0 Å². The largest absolute Gasteiger partial charge is 0.487 e. The van der Waals surface area contributed by atoms with Crippen LogP contribution in [0.5, 0.6) is 5.75 Å². The normalized spacial score (nSPS) is 20.8. The Labute approximate surface area is 241 Å². The number of sulfonamides is 1. The van der Waals surface area contributed by atoms with Crippen LogP contribution in [0.2, 0.25) is 0 Å². The number of likely N-dealkylation sites (N-methyl/N-ethyl adjacent to an activating group) is 1. The number of carbonyl (C=O) groups excluding carboxylic acids is 2. The van der Waals surface area contributed by atoms with E-state index in [1.807, 2.05) is 6.92 Å². The van der Waals surface area contributed by atoms with Gasteiger partial charge in [0.25, 0.3) is 15.9 Å². The maximum absolute atomic E-state index is 13.7. The van der Waals surface area contributed by atoms with Crippen molar-refractivity contribution in [2.45, 2.75) is 82.9 Å². The van der Waals surface area contributed by atoms with Gasteiger partial charge in [0.05, 0.1) is 24.8 Å². The molecule has 0 spiro atoms. The standard InChI is InChI=1S/C28H41N5O7S/c1-17-14-33(18(2)16-34)27(35)23-13-22(31-41(37,38)26-19(3)30-40-20(26)4)11-12-24(23)39-25(17)15-32(5)28(36)29-21-9-7-6-8-10-21/h11-13,17-18,21,25,31,34H,6-10,14-16H2,1-5H3,(H,29,36)/t17-,18-,25+/m0/s1. The van der Waals surface area contributed by atoms with E-state index in [4.69, 9.17) is 9.26 Å². The summed E-state index contributed by atoms with van der Waals surface area (Å²) in [5.74, 6) is -0.155. The van der Waals surface area contributed by atoms with Crippen LogP contribution in [-0.4, -0.2) is 85.4 Å². The van der Waals surface area contributed by atoms with Crippen LogP contribution in [0.25, 0.3) is 0 Å². The second kappa shape index (κ2) is 12.7. The third kappa shape index (κ3) is 6.95. The van der Waals surface area contributed by atoms with Crippen molar-refractivity contribution in [2.24, 2.45) is 5.92 Å². The van der Waals surface area contributed by atoms with Crippen LogP contribution in [0.15, 0.2) is 27.6 Å². The molecule has 1 saturated carbocycles. The highest BCUT2D eigenvalue weighted by Gasteiger charge is 2.35. The van der Waals surface area contributed by atoms with E-state index in [1.54, 1.807) is 29.8 Å². The first kappa shape index (κ1) is 30.6. The maximum Gasteiger partial charge on any atom is 0.317 e. The van der Waals surface area contributed by atoms with Crippen LogP contribution in [0.1, 0.15) is 67.8 Å². The van der Waals surface area contributed by atoms with Crippen molar-refractivity contribution < 1.29 is 32.4 Å². The van der Waals surface area contributed by atoms with E-state index in [-0.39, 0.29) is 71.0 Å². The van der Waals surface area contributed by atoms with E-state index >= 15 is 0 Å². The van der Waals surface area contributed by atoms with E-state index in [0.717, 1.165) is 25.7 Å². The van der Waals surface area contributed by atoms with Crippen LogP contribution >= 0.6 is 0 Å². The summed E-state index contributed by atoms with van der Waals surface area (Å²) in [5, 5.41) is 16.8. The number of aliphatic hydroxyl groups excluding tert-OH is 1. The fourth-order valence-electron chi connectivity index (χ4n) is 5.45. The van der Waals surface area contributed by atoms with Crippen molar-refractivity contribution in [3.63, 3.8) is 0 Å². The van der Waals surface area contributed by atoms with Crippen LogP contribution in [0.3, 0.4) is 0 Å². The zero-order valence-corrected chi connectivity index (χ0v) is 25.2. The Balaban J connectivity index is 1.60. The third-order valence-corrected chi connectivity index (χ3v) is 9.51. The summed E-state index contributed by atoms with van der Waals surface area (Å²) in [6.07, 6.45) is 4.89. The van der Waals surface area contributed by atoms with Crippen molar-refractivity contribution >= 4 is 27.6 Å². The molecule has 1 aromatic carbocycles. The highest BCUT2D eigenvalue weighted by atomic mass is 32.2. The van der Waals surface area contributed by atoms with Gasteiger partial charge in [0.1, 0.15) is 17.5 Å². The van der Waals surface area contributed by atoms with Gasteiger partial charge in [0.15, 0.2) is 10.7 Å². The lowest BCUT2D eigenvalue weighted by Crippen LogP contribution is -2.52. The molecule has 3 atom stereocenters. The van der Waals surface area contributed by atoms with Crippen LogP contribution < -0.4 is 14.8 Å². The van der Waals surface area contributed by atoms with Crippen molar-refractivity contribution in [2.75, 3.05) is 31.5 Å². The number of hydrogen-bond donors (Lipinski definition) is 3. The Bertz CT molecular complexity index is 1340. The molecule has 226 valence electrons. The summed E-state index contributed by atoms with van der Waals surface area (Å²) in [7, 11) is -2.32. The number of rotatable bonds is 8. The Kier molecular flexibility index (Phi) is 9.48. The van der Waals surface area contributed by atoms with E-state index in [2.05, 4.69) is 15.2 Å². The predicted octanol–water partition coefficient (Wildman–Crippen LogP) is 3.29. The molecular formula is C28H41N5O7S. The van der Waals surface area contributed by atoms with Gasteiger partial charge in [-0.05, 0) is 51.8 Å². The van der Waals surface area contributed by atoms with E-state index in [9.17, 15) is 23.1 Å². The molecular weight excluding hydrogens is 550 g/mol. The van der Waals surface area contributed by atoms with Gasteiger partial charge in [0.2, 0.25) is 0 Å². The summed E-state index contributed by atoms with van der Waals surface area (Å²) in [6.45, 7) is 7.03. The fourth-order valence-corrected chi connectivity index (χ4v) is 6.83. The summed E-state index contributed by atoms with van der Waals surface area (Å²) in [6, 6.07) is 4.00. The van der Waals surface area contributed by atoms with E-state index in [1.165, 1.54) is 32.4 Å². The average Bonchev–Trinajstić information content (AvgIpc) is 3.29. The smallest absolute Gasteiger partial charge is 0.317 e. The molecule has 2 heterocycles. The number of aliphatic hydroxyl groups is 1. The van der Waals surface area contributed by atoms with Gasteiger partial charge in [-0.15, -0.1) is 0 Å². The van der Waals surface area contributed by atoms with E-state index in [0.29, 0.717) is 0 Å². The molecule has 41 heavy (non-hydrogen) atoms. The number of nitrogens with zero attached hydrogens (tertiary/aromatic N) is 3. The molecule has 1 fully saturated rings. The molecule has 12 nitrogen and oxygen atoms in total. The van der Waals surface area contributed by atoms with Gasteiger partial charge in [-0.1, -0.05) is 31.3 Å². The molecule has 2 aromatic rings. The monoisotopic (exact) mass is 591 g/mol. The number of anilines is 1. The quantitative estimate of drug-likeness (QED) is 0.423. The number of nitrogens with one attached hydrogen (secondary N) is 2. The lowest BCUT2D eigenvalue weighted by molar-refractivity contribution is 0.0366. The first-order valence-electron chi connectivity index (χ1n) is 14.1. The molecule has 0 radical (unpaired) electrons. The SMILES string of the molecule is Cc1noc(C)c1S(=O)(=O)Nc1ccc2c(c1)C(=O)N([C@@H](C)CO)C[C@H](C)[C@@H](CN(C)C(=O)NC1CCCCC1)O2. The number of benzene rings is 1. The second-order valence-corrected chi connectivity index (χ2v) is 12.9. The number of hydrogen-bond acceptors (Lipinski definition) is 8. The minimum atomic E-state index is -4.05. The topological polar surface area (TPSA) is 154 Å². The van der Waals surface area contributed by atoms with Crippen molar-refractivity contribution in [3.05, 3.63) is 35.2 Å². The molecule has 0 bridgehead atoms. The minimum Gasteiger partial charge on any atom is -0.487 e. The molecule has 1 aliphatic carbocycles. The first-order chi connectivity index (χ1) is 19.4. The first-order valence-corrected chi connectivity index (χ1v) is 15.6. The number of amides is 3. The van der Waals surface area contributed by atoms with Crippen LogP contribution in [0.4, 0.5) is 10.5 Å². The van der Waals surface area contributed by atoms with E-state index < -0.39 is 28.1 Å². The second-order valence-electron chi connectivity index (χ2n) is 11.3. The zero-order valence-electron chi connectivity index (χ0n) is 24.3. The number of carbonyl (C=O) groups is 2. The Morgan fingerprint density at radius 2 is 1.95 bits per heavy atom. The Morgan fingerprint density at radius 3 is 2.59 bits per heavy atom. The van der Waals surface area contributed by atoms with Crippen molar-refractivity contribution in [3.8, 4) is 5.75 Å². The summed E-state index contributed by atoms with van der Waals surface area (Å²) < 4.78 is 40.1. The summed E-state index contributed by atoms with van der Waals surface area (Å²) in [4.78, 5) is 29.8. The number of urea groups is 1. The lowest BCUT2D eigenvalue weighted by Gasteiger charge is -2.38. The Hall–Kier alpha value is -3.32. The molecule has 3 N–H and O–H groups in total. The van der Waals surface area contributed by atoms with Crippen molar-refractivity contribution in [1.29, 1.82) is 0 Å². The fraction of sp³-hybridized carbons (Fsp3) is 0.607. The van der Waals surface area contributed by atoms with Crippen molar-refractivity contribution in [1.82, 2.24) is 20.3 Å². The number of aromatic nitrogens is 1. The van der Waals surface area contributed by atoms with Gasteiger partial charge in [0, 0.05) is 31.2 Å². The summed E-state index contributed by atoms with van der Waals surface area (Å²) in [5.41, 5.74) is 0.527. The predicted molar refractivity (Wildman–Crippen MR) is 152 cm³/mol. The molecule has 13 heteroatoms. The minimum absolute atomic E-state index is 0.0641. The van der Waals surface area contributed by atoms with Crippen LogP contribution in [0, 0.1) is 19.8 Å². The third-order valence-electron chi connectivity index (χ3n) is 7.89. The molecule has 2 aliphatic rings. The molecule has 3 amide bonds. The molecule has 4 rings (SSSR count). The molecule has 0 saturated heterocycles. The van der Waals surface area contributed by atoms with Gasteiger partial charge in [-0.25, -0.2) is 13.2 Å². The average molecular weight is 592 g/mol. The summed E-state index contributed by atoms with van der Waals surface area (Å²) >= 11 is 0. The molecule has 0 unspecified atom stereocenters. The van der Waals surface area contributed by atoms with Gasteiger partial charge in [-0.3, -0.25) is 9.52 Å². The number of fused-ring (bicyclic) bond motifs is 1. The molecule has 1 aromatic heterocycles. The number of aryl methyl sites for hydroxylation is 2.